The summed E-state index contributed by atoms with van der Waals surface area (Å²) in [6.07, 6.45) is 10.2. The van der Waals surface area contributed by atoms with E-state index in [9.17, 15) is 14.4 Å². The maximum atomic E-state index is 14.6. The third kappa shape index (κ3) is 6.26. The van der Waals surface area contributed by atoms with E-state index in [-0.39, 0.29) is 59.9 Å². The highest BCUT2D eigenvalue weighted by molar-refractivity contribution is 9.10. The molecule has 52 heavy (non-hydrogen) atoms. The number of fused-ring (bicyclic) bond motifs is 2. The Morgan fingerprint density at radius 2 is 1.87 bits per heavy atom. The van der Waals surface area contributed by atoms with Crippen LogP contribution in [0.5, 0.6) is 0 Å². The molecule has 8 rings (SSSR count). The van der Waals surface area contributed by atoms with Gasteiger partial charge in [-0.05, 0) is 102 Å². The number of rotatable bonds is 6. The predicted octanol–water partition coefficient (Wildman–Crippen LogP) is 6.68. The molecule has 268 valence electrons. The average molecular weight is 766 g/mol. The van der Waals surface area contributed by atoms with Crippen LogP contribution < -0.4 is 0 Å². The summed E-state index contributed by atoms with van der Waals surface area (Å²) in [5, 5.41) is 14.3. The number of carbonyl (C=O) groups excluding carboxylic acids is 3. The van der Waals surface area contributed by atoms with Gasteiger partial charge in [0.1, 0.15) is 22.7 Å². The number of carbonyl (C=O) groups is 3. The number of aromatic nitrogens is 7. The largest absolute Gasteiger partial charge is 0.425 e. The highest BCUT2D eigenvalue weighted by atomic mass is 79.9. The number of aryl methyl sites for hydroxylation is 2. The van der Waals surface area contributed by atoms with Crippen LogP contribution in [0.4, 0.5) is 0 Å². The molecule has 1 aliphatic carbocycles. The zero-order chi connectivity index (χ0) is 36.3. The molecule has 3 aliphatic rings. The molecule has 12 nitrogen and oxygen atoms in total. The minimum atomic E-state index is -0.552. The molecule has 6 heterocycles. The zero-order valence-electron chi connectivity index (χ0n) is 29.9. The van der Waals surface area contributed by atoms with Gasteiger partial charge >= 0.3 is 0 Å². The number of ketones is 2. The van der Waals surface area contributed by atoms with Crippen molar-refractivity contribution in [2.24, 2.45) is 5.41 Å². The molecule has 4 atom stereocenters. The molecular weight excluding hydrogens is 724 g/mol. The number of nitrogens with zero attached hydrogens (tertiary/aromatic N) is 8. The number of Topliss-reactive ketones (excluding diaryl/α,β-unsaturated/α-hetero) is 2. The van der Waals surface area contributed by atoms with Crippen LogP contribution in [0, 0.1) is 19.3 Å². The van der Waals surface area contributed by atoms with Crippen LogP contribution >= 0.6 is 15.9 Å². The van der Waals surface area contributed by atoms with Crippen molar-refractivity contribution in [1.29, 1.82) is 0 Å². The van der Waals surface area contributed by atoms with E-state index in [0.29, 0.717) is 45.2 Å². The van der Waals surface area contributed by atoms with Crippen LogP contribution in [-0.4, -0.2) is 69.4 Å². The molecular formula is C39H41BrN8O4. The molecule has 5 aromatic rings. The highest BCUT2D eigenvalue weighted by Crippen LogP contribution is 2.62. The van der Waals surface area contributed by atoms with Crippen LogP contribution in [0.1, 0.15) is 110 Å². The van der Waals surface area contributed by atoms with E-state index in [2.05, 4.69) is 48.0 Å². The van der Waals surface area contributed by atoms with Crippen molar-refractivity contribution in [1.82, 2.24) is 39.8 Å². The summed E-state index contributed by atoms with van der Waals surface area (Å²) in [5.74, 6) is 1.45. The van der Waals surface area contributed by atoms with Gasteiger partial charge in [-0.1, -0.05) is 25.8 Å². The molecule has 1 aromatic carbocycles. The lowest BCUT2D eigenvalue weighted by atomic mass is 9.89. The van der Waals surface area contributed by atoms with E-state index in [1.54, 1.807) is 17.1 Å². The third-order valence-corrected chi connectivity index (χ3v) is 11.8. The Kier molecular flexibility index (Phi) is 8.87. The van der Waals surface area contributed by atoms with Crippen molar-refractivity contribution in [2.45, 2.75) is 110 Å². The molecule has 1 amide bonds. The summed E-state index contributed by atoms with van der Waals surface area (Å²) in [4.78, 5) is 57.2. The van der Waals surface area contributed by atoms with Gasteiger partial charge in [0.2, 0.25) is 17.7 Å². The quantitative estimate of drug-likeness (QED) is 0.135. The Morgan fingerprint density at radius 3 is 2.63 bits per heavy atom. The van der Waals surface area contributed by atoms with E-state index in [1.807, 2.05) is 43.0 Å². The fraction of sp³-hybridized carbons (Fsp3) is 0.462. The van der Waals surface area contributed by atoms with Crippen molar-refractivity contribution in [3.8, 4) is 11.1 Å². The number of benzene rings is 1. The summed E-state index contributed by atoms with van der Waals surface area (Å²) < 4.78 is 8.62. The fourth-order valence-corrected chi connectivity index (χ4v) is 8.85. The molecule has 1 saturated heterocycles. The van der Waals surface area contributed by atoms with E-state index < -0.39 is 6.04 Å². The lowest BCUT2D eigenvalue weighted by Gasteiger charge is -2.27. The Labute approximate surface area is 310 Å². The maximum Gasteiger partial charge on any atom is 0.245 e. The van der Waals surface area contributed by atoms with Gasteiger partial charge in [0.25, 0.3) is 0 Å². The molecule has 13 heteroatoms. The lowest BCUT2D eigenvalue weighted by Crippen LogP contribution is -2.45. The monoisotopic (exact) mass is 764 g/mol. The first kappa shape index (κ1) is 34.4. The van der Waals surface area contributed by atoms with Crippen molar-refractivity contribution >= 4 is 44.3 Å². The third-order valence-electron chi connectivity index (χ3n) is 11.4. The van der Waals surface area contributed by atoms with Crippen LogP contribution in [0.2, 0.25) is 0 Å². The molecule has 0 spiro atoms. The highest BCUT2D eigenvalue weighted by Gasteiger charge is 2.66. The van der Waals surface area contributed by atoms with E-state index >= 15 is 0 Å². The number of piperidine rings is 1. The Hall–Kier alpha value is -4.65. The zero-order valence-corrected chi connectivity index (χ0v) is 31.4. The second-order valence-corrected chi connectivity index (χ2v) is 15.6. The van der Waals surface area contributed by atoms with Gasteiger partial charge in [-0.3, -0.25) is 19.1 Å². The molecule has 1 unspecified atom stereocenters. The first-order valence-electron chi connectivity index (χ1n) is 18.1. The van der Waals surface area contributed by atoms with E-state index in [1.165, 1.54) is 6.92 Å². The number of hydrogen-bond donors (Lipinski definition) is 0. The van der Waals surface area contributed by atoms with Gasteiger partial charge in [0.05, 0.1) is 30.1 Å². The van der Waals surface area contributed by atoms with Gasteiger partial charge in [-0.15, -0.1) is 10.2 Å². The summed E-state index contributed by atoms with van der Waals surface area (Å²) in [6, 6.07) is 7.17. The minimum Gasteiger partial charge on any atom is -0.425 e. The minimum absolute atomic E-state index is 0.000723. The predicted molar refractivity (Wildman–Crippen MR) is 196 cm³/mol. The molecule has 2 fully saturated rings. The summed E-state index contributed by atoms with van der Waals surface area (Å²) >= 11 is 3.45. The maximum absolute atomic E-state index is 14.6. The summed E-state index contributed by atoms with van der Waals surface area (Å²) in [6.45, 7) is 7.28. The Balaban J connectivity index is 1.24. The first-order chi connectivity index (χ1) is 25.0. The number of hydrogen-bond acceptors (Lipinski definition) is 10. The van der Waals surface area contributed by atoms with Gasteiger partial charge < -0.3 is 9.32 Å². The van der Waals surface area contributed by atoms with Crippen molar-refractivity contribution < 1.29 is 18.8 Å². The molecule has 0 N–H and O–H groups in total. The van der Waals surface area contributed by atoms with Crippen molar-refractivity contribution in [3.63, 3.8) is 0 Å². The number of amides is 1. The van der Waals surface area contributed by atoms with E-state index in [0.717, 1.165) is 60.8 Å². The first-order valence-corrected chi connectivity index (χ1v) is 18.9. The van der Waals surface area contributed by atoms with Crippen LogP contribution in [0.15, 0.2) is 45.7 Å². The van der Waals surface area contributed by atoms with Gasteiger partial charge in [0.15, 0.2) is 11.6 Å². The molecule has 1 saturated carbocycles. The smallest absolute Gasteiger partial charge is 0.245 e. The Morgan fingerprint density at radius 1 is 1.06 bits per heavy atom. The Bertz CT molecular complexity index is 2230. The lowest BCUT2D eigenvalue weighted by molar-refractivity contribution is -0.139. The summed E-state index contributed by atoms with van der Waals surface area (Å²) in [5.41, 5.74) is 4.83. The average Bonchev–Trinajstić information content (AvgIpc) is 3.40. The van der Waals surface area contributed by atoms with Gasteiger partial charge in [0, 0.05) is 42.2 Å². The SMILES string of the molecule is CCC1CCCC[C@@]23C[C@@H](C(=O)Cc4nc(Br)ccc4C)N(C(=O)Cn4nc(C(C)=O)c5cc(-c6cnc(C)nc6)cc(c54)Cc4nnc1o4)[C@@H]2C3. The molecule has 2 aliphatic heterocycles. The van der Waals surface area contributed by atoms with Gasteiger partial charge in [-0.25, -0.2) is 15.0 Å². The van der Waals surface area contributed by atoms with Crippen LogP contribution in [0.3, 0.4) is 0 Å². The number of halogens is 1. The van der Waals surface area contributed by atoms with Crippen molar-refractivity contribution in [3.05, 3.63) is 81.4 Å². The normalized spacial score (nSPS) is 23.1. The molecule has 0 radical (unpaired) electrons. The standard InChI is InChI=1S/C39H41BrN8O4/c1-5-24-8-6-7-11-39-16-30(31(50)15-29-21(2)9-10-33(40)43-29)48(32(39)17-39)35(51)20-47-37-26(14-34-44-45-38(24)52-34)12-25(27-18-41-23(4)42-19-27)13-28(37)36(46-47)22(3)49/h9-10,12-13,18-19,24,30,32H,5-8,11,14-17,20H2,1-4H3/t24?,30-,32+,39-/m0/s1. The van der Waals surface area contributed by atoms with Crippen molar-refractivity contribution in [2.75, 3.05) is 0 Å². The second-order valence-electron chi connectivity index (χ2n) is 14.8. The topological polar surface area (TPSA) is 150 Å². The van der Waals surface area contributed by atoms with E-state index in [4.69, 9.17) is 9.52 Å². The molecule has 4 bridgehead atoms. The fourth-order valence-electron chi connectivity index (χ4n) is 8.50. The number of pyridine rings is 1. The van der Waals surface area contributed by atoms with Crippen LogP contribution in [-0.2, 0) is 29.0 Å². The second kappa shape index (κ2) is 13.4. The summed E-state index contributed by atoms with van der Waals surface area (Å²) in [7, 11) is 0. The van der Waals surface area contributed by atoms with Crippen LogP contribution in [0.25, 0.3) is 22.0 Å². The van der Waals surface area contributed by atoms with Gasteiger partial charge in [-0.2, -0.15) is 5.10 Å². The molecule has 4 aromatic heterocycles.